The molecule has 1 aliphatic heterocycles. The highest BCUT2D eigenvalue weighted by molar-refractivity contribution is 5.78. The minimum atomic E-state index is -1.00. The van der Waals surface area contributed by atoms with Gasteiger partial charge in [0.1, 0.15) is 17.9 Å². The molecule has 1 heterocycles. The van der Waals surface area contributed by atoms with Gasteiger partial charge in [-0.1, -0.05) is 42.5 Å². The van der Waals surface area contributed by atoms with Crippen molar-refractivity contribution in [3.05, 3.63) is 65.6 Å². The van der Waals surface area contributed by atoms with E-state index < -0.39 is 17.9 Å². The smallest absolute Gasteiger partial charge is 0.327 e. The molecule has 6 heteroatoms. The number of benzene rings is 2. The lowest BCUT2D eigenvalue weighted by molar-refractivity contribution is -0.142. The van der Waals surface area contributed by atoms with Gasteiger partial charge in [0.15, 0.2) is 0 Å². The number of methoxy groups -OCH3 is 1. The number of hydrogen-bond acceptors (Lipinski definition) is 5. The molecule has 0 saturated heterocycles. The second kappa shape index (κ2) is 8.05. The SMILES string of the molecule is CCOc1ccccc1-c1ccc(C2C(C#N)=C(OC)N(C)C2C(=O)O)cc1. The molecule has 0 bridgehead atoms. The van der Waals surface area contributed by atoms with Gasteiger partial charge in [0.25, 0.3) is 0 Å². The van der Waals surface area contributed by atoms with Crippen molar-refractivity contribution in [3.8, 4) is 22.9 Å². The summed E-state index contributed by atoms with van der Waals surface area (Å²) >= 11 is 0. The molecule has 0 amide bonds. The summed E-state index contributed by atoms with van der Waals surface area (Å²) in [4.78, 5) is 13.4. The normalized spacial score (nSPS) is 18.7. The van der Waals surface area contributed by atoms with Crippen molar-refractivity contribution < 1.29 is 19.4 Å². The van der Waals surface area contributed by atoms with E-state index in [9.17, 15) is 15.2 Å². The Bertz CT molecular complexity index is 944. The van der Waals surface area contributed by atoms with E-state index >= 15 is 0 Å². The van der Waals surface area contributed by atoms with Crippen LogP contribution in [0.3, 0.4) is 0 Å². The summed E-state index contributed by atoms with van der Waals surface area (Å²) in [5.41, 5.74) is 2.99. The third-order valence-corrected chi connectivity index (χ3v) is 4.93. The van der Waals surface area contributed by atoms with Gasteiger partial charge in [0.2, 0.25) is 5.88 Å². The van der Waals surface area contributed by atoms with Crippen molar-refractivity contribution in [1.82, 2.24) is 4.90 Å². The Kier molecular flexibility index (Phi) is 5.55. The van der Waals surface area contributed by atoms with E-state index in [4.69, 9.17) is 9.47 Å². The molecule has 3 rings (SSSR count). The highest BCUT2D eigenvalue weighted by Crippen LogP contribution is 2.41. The molecule has 1 N–H and O–H groups in total. The van der Waals surface area contributed by atoms with Gasteiger partial charge in [-0.25, -0.2) is 4.79 Å². The Balaban J connectivity index is 2.02. The second-order valence-corrected chi connectivity index (χ2v) is 6.46. The summed E-state index contributed by atoms with van der Waals surface area (Å²) in [7, 11) is 3.07. The minimum Gasteiger partial charge on any atom is -0.493 e. The average Bonchev–Trinajstić information content (AvgIpc) is 3.00. The first-order valence-corrected chi connectivity index (χ1v) is 8.99. The zero-order valence-corrected chi connectivity index (χ0v) is 16.0. The first kappa shape index (κ1) is 19.3. The van der Waals surface area contributed by atoms with E-state index in [1.807, 2.05) is 55.5 Å². The Morgan fingerprint density at radius 2 is 1.89 bits per heavy atom. The van der Waals surface area contributed by atoms with Crippen molar-refractivity contribution in [2.75, 3.05) is 20.8 Å². The molecule has 28 heavy (non-hydrogen) atoms. The monoisotopic (exact) mass is 378 g/mol. The van der Waals surface area contributed by atoms with Crippen LogP contribution in [-0.4, -0.2) is 42.8 Å². The fourth-order valence-electron chi connectivity index (χ4n) is 3.72. The number of nitriles is 1. The molecular weight excluding hydrogens is 356 g/mol. The number of carbonyl (C=O) groups is 1. The van der Waals surface area contributed by atoms with Crippen molar-refractivity contribution in [2.45, 2.75) is 18.9 Å². The van der Waals surface area contributed by atoms with Gasteiger partial charge in [-0.2, -0.15) is 5.26 Å². The maximum absolute atomic E-state index is 11.9. The molecule has 2 aromatic rings. The van der Waals surface area contributed by atoms with Gasteiger partial charge < -0.3 is 19.5 Å². The Hall–Kier alpha value is -3.46. The number of hydrogen-bond donors (Lipinski definition) is 1. The highest BCUT2D eigenvalue weighted by Gasteiger charge is 2.45. The Morgan fingerprint density at radius 1 is 1.21 bits per heavy atom. The molecule has 144 valence electrons. The van der Waals surface area contributed by atoms with E-state index in [0.717, 1.165) is 22.4 Å². The first-order valence-electron chi connectivity index (χ1n) is 8.99. The van der Waals surface area contributed by atoms with Crippen molar-refractivity contribution >= 4 is 5.97 Å². The molecule has 2 aromatic carbocycles. The number of carboxylic acid groups (broad SMARTS) is 1. The third-order valence-electron chi connectivity index (χ3n) is 4.93. The summed E-state index contributed by atoms with van der Waals surface area (Å²) < 4.78 is 11.0. The number of nitrogens with zero attached hydrogens (tertiary/aromatic N) is 2. The van der Waals surface area contributed by atoms with E-state index in [-0.39, 0.29) is 0 Å². The molecule has 0 fully saturated rings. The van der Waals surface area contributed by atoms with Crippen LogP contribution in [0.25, 0.3) is 11.1 Å². The summed E-state index contributed by atoms with van der Waals surface area (Å²) in [5, 5.41) is 19.3. The van der Waals surface area contributed by atoms with Crippen LogP contribution in [0, 0.1) is 11.3 Å². The van der Waals surface area contributed by atoms with Crippen molar-refractivity contribution in [3.63, 3.8) is 0 Å². The van der Waals surface area contributed by atoms with Crippen molar-refractivity contribution in [2.24, 2.45) is 0 Å². The van der Waals surface area contributed by atoms with E-state index in [1.165, 1.54) is 12.0 Å². The lowest BCUT2D eigenvalue weighted by Gasteiger charge is -2.24. The fraction of sp³-hybridized carbons (Fsp3) is 0.273. The van der Waals surface area contributed by atoms with Crippen LogP contribution in [0.5, 0.6) is 5.75 Å². The zero-order valence-electron chi connectivity index (χ0n) is 16.0. The van der Waals surface area contributed by atoms with Gasteiger partial charge in [-0.05, 0) is 24.1 Å². The third kappa shape index (κ3) is 3.27. The number of aliphatic carboxylic acids is 1. The molecule has 2 atom stereocenters. The lowest BCUT2D eigenvalue weighted by atomic mass is 9.87. The van der Waals surface area contributed by atoms with Gasteiger partial charge in [-0.15, -0.1) is 0 Å². The summed E-state index contributed by atoms with van der Waals surface area (Å²) in [6.07, 6.45) is 0. The predicted molar refractivity (Wildman–Crippen MR) is 105 cm³/mol. The van der Waals surface area contributed by atoms with Crippen LogP contribution in [-0.2, 0) is 9.53 Å². The second-order valence-electron chi connectivity index (χ2n) is 6.46. The zero-order chi connectivity index (χ0) is 20.3. The van der Waals surface area contributed by atoms with Crippen molar-refractivity contribution in [1.29, 1.82) is 5.26 Å². The number of rotatable bonds is 6. The molecule has 0 saturated carbocycles. The Labute approximate surface area is 164 Å². The largest absolute Gasteiger partial charge is 0.493 e. The Morgan fingerprint density at radius 3 is 2.46 bits per heavy atom. The first-order chi connectivity index (χ1) is 13.5. The van der Waals surface area contributed by atoms with E-state index in [2.05, 4.69) is 6.07 Å². The molecular formula is C22H22N2O4. The van der Waals surface area contributed by atoms with Crippen LogP contribution >= 0.6 is 0 Å². The predicted octanol–water partition coefficient (Wildman–Crippen LogP) is 3.62. The van der Waals surface area contributed by atoms with E-state index in [1.54, 1.807) is 7.05 Å². The van der Waals surface area contributed by atoms with Crippen LogP contribution in [0.1, 0.15) is 18.4 Å². The van der Waals surface area contributed by atoms with Gasteiger partial charge >= 0.3 is 5.97 Å². The lowest BCUT2D eigenvalue weighted by Crippen LogP contribution is -2.37. The maximum Gasteiger partial charge on any atom is 0.327 e. The number of likely N-dealkylation sites (N-methyl/N-ethyl adjacent to an activating group) is 1. The number of ether oxygens (including phenoxy) is 2. The average molecular weight is 378 g/mol. The topological polar surface area (TPSA) is 82.8 Å². The number of carboxylic acids is 1. The molecule has 0 aromatic heterocycles. The highest BCUT2D eigenvalue weighted by atomic mass is 16.5. The minimum absolute atomic E-state index is 0.297. The standard InChI is InChI=1S/C22H22N2O4/c1-4-28-18-8-6-5-7-16(18)14-9-11-15(12-10-14)19-17(13-23)21(27-3)24(2)20(19)22(25)26/h5-12,19-20H,4H2,1-3H3,(H,25,26). The molecule has 6 nitrogen and oxygen atoms in total. The maximum atomic E-state index is 11.9. The van der Waals surface area contributed by atoms with E-state index in [0.29, 0.717) is 18.1 Å². The summed E-state index contributed by atoms with van der Waals surface area (Å²) in [6, 6.07) is 16.6. The molecule has 0 spiro atoms. The number of para-hydroxylation sites is 1. The van der Waals surface area contributed by atoms with Crippen LogP contribution < -0.4 is 4.74 Å². The molecule has 0 radical (unpaired) electrons. The van der Waals surface area contributed by atoms with Gasteiger partial charge in [0, 0.05) is 12.6 Å². The fourth-order valence-corrected chi connectivity index (χ4v) is 3.72. The van der Waals surface area contributed by atoms with Crippen LogP contribution in [0.2, 0.25) is 0 Å². The quantitative estimate of drug-likeness (QED) is 0.827. The summed E-state index contributed by atoms with van der Waals surface area (Å²) in [5.74, 6) is -0.511. The molecule has 1 aliphatic rings. The summed E-state index contributed by atoms with van der Waals surface area (Å²) in [6.45, 7) is 2.51. The molecule has 2 unspecified atom stereocenters. The van der Waals surface area contributed by atoms with Crippen LogP contribution in [0.15, 0.2) is 60.0 Å². The van der Waals surface area contributed by atoms with Gasteiger partial charge in [-0.3, -0.25) is 0 Å². The van der Waals surface area contributed by atoms with Crippen LogP contribution in [0.4, 0.5) is 0 Å². The van der Waals surface area contributed by atoms with Gasteiger partial charge in [0.05, 0.1) is 25.2 Å². The molecule has 0 aliphatic carbocycles.